The Morgan fingerprint density at radius 1 is 1.43 bits per heavy atom. The lowest BCUT2D eigenvalue weighted by atomic mass is 9.74. The molecule has 0 atom stereocenters. The number of nitro groups is 1. The fraction of sp³-hybridized carbons (Fsp3) is 0.692. The van der Waals surface area contributed by atoms with Crippen molar-refractivity contribution < 1.29 is 14.8 Å². The van der Waals surface area contributed by atoms with Crippen LogP contribution in [-0.2, 0) is 18.3 Å². The molecule has 0 saturated heterocycles. The van der Waals surface area contributed by atoms with Crippen molar-refractivity contribution in [3.63, 3.8) is 0 Å². The Morgan fingerprint density at radius 3 is 2.33 bits per heavy atom. The van der Waals surface area contributed by atoms with Gasteiger partial charge in [0.2, 0.25) is 5.82 Å². The molecule has 0 fully saturated rings. The van der Waals surface area contributed by atoms with E-state index in [4.69, 9.17) is 0 Å². The number of aryl methyl sites for hydroxylation is 2. The summed E-state index contributed by atoms with van der Waals surface area (Å²) in [5.74, 6) is -0.767. The van der Waals surface area contributed by atoms with Crippen molar-refractivity contribution in [3.05, 3.63) is 15.8 Å². The third-order valence-corrected chi connectivity index (χ3v) is 4.14. The number of carbonyl (C=O) groups is 1. The van der Waals surface area contributed by atoms with Gasteiger partial charge in [-0.15, -0.1) is 0 Å². The van der Waals surface area contributed by atoms with Crippen molar-refractivity contribution in [1.82, 2.24) is 9.78 Å². The molecule has 0 aliphatic rings. The van der Waals surface area contributed by atoms with Crippen LogP contribution in [0.15, 0.2) is 0 Å². The van der Waals surface area contributed by atoms with Crippen molar-refractivity contribution in [2.24, 2.45) is 12.5 Å². The van der Waals surface area contributed by atoms with Crippen LogP contribution in [0.25, 0.3) is 0 Å². The summed E-state index contributed by atoms with van der Waals surface area (Å²) >= 11 is 0. The maximum Gasteiger partial charge on any atom is 0.333 e. The number of aromatic nitrogens is 2. The van der Waals surface area contributed by atoms with E-state index in [9.17, 15) is 20.0 Å². The molecular formula is C13H22N4O4. The summed E-state index contributed by atoms with van der Waals surface area (Å²) in [6.45, 7) is 8.33. The lowest BCUT2D eigenvalue weighted by molar-refractivity contribution is -0.384. The summed E-state index contributed by atoms with van der Waals surface area (Å²) in [5, 5.41) is 27.8. The van der Waals surface area contributed by atoms with E-state index in [-0.39, 0.29) is 11.5 Å². The van der Waals surface area contributed by atoms with E-state index < -0.39 is 21.8 Å². The summed E-state index contributed by atoms with van der Waals surface area (Å²) in [7, 11) is 1.60. The summed E-state index contributed by atoms with van der Waals surface area (Å²) in [6, 6.07) is 0. The summed E-state index contributed by atoms with van der Waals surface area (Å²) in [6.07, 6.45) is 0.425. The Morgan fingerprint density at radius 2 is 1.95 bits per heavy atom. The van der Waals surface area contributed by atoms with E-state index in [0.717, 1.165) is 0 Å². The summed E-state index contributed by atoms with van der Waals surface area (Å²) < 4.78 is 1.39. The van der Waals surface area contributed by atoms with Gasteiger partial charge in [-0.3, -0.25) is 14.9 Å². The molecule has 8 nitrogen and oxygen atoms in total. The molecule has 1 aromatic rings. The second-order valence-electron chi connectivity index (χ2n) is 6.06. The maximum absolute atomic E-state index is 11.4. The molecule has 2 N–H and O–H groups in total. The summed E-state index contributed by atoms with van der Waals surface area (Å²) in [4.78, 5) is 22.2. The number of carboxylic acid groups (broad SMARTS) is 1. The molecule has 0 amide bonds. The van der Waals surface area contributed by atoms with Crippen LogP contribution in [0.3, 0.4) is 0 Å². The van der Waals surface area contributed by atoms with Gasteiger partial charge in [-0.2, -0.15) is 5.10 Å². The monoisotopic (exact) mass is 298 g/mol. The largest absolute Gasteiger partial charge is 0.481 e. The predicted octanol–water partition coefficient (Wildman–Crippen LogP) is 2.19. The molecule has 8 heteroatoms. The fourth-order valence-corrected chi connectivity index (χ4v) is 1.86. The molecule has 1 rings (SSSR count). The van der Waals surface area contributed by atoms with Gasteiger partial charge in [0.05, 0.1) is 10.3 Å². The fourth-order valence-electron chi connectivity index (χ4n) is 1.86. The smallest absolute Gasteiger partial charge is 0.333 e. The third kappa shape index (κ3) is 2.84. The topological polar surface area (TPSA) is 110 Å². The van der Waals surface area contributed by atoms with Gasteiger partial charge in [-0.25, -0.2) is 4.68 Å². The SMILES string of the molecule is CCc1nn(C)c(NC(C)(C)C(C)(C)C(=O)O)c1[N+](=O)[O-]. The molecule has 0 aromatic carbocycles. The van der Waals surface area contributed by atoms with Crippen molar-refractivity contribution in [1.29, 1.82) is 0 Å². The van der Waals surface area contributed by atoms with Crippen LogP contribution in [0.4, 0.5) is 11.5 Å². The Bertz CT molecular complexity index is 575. The van der Waals surface area contributed by atoms with E-state index in [2.05, 4.69) is 10.4 Å². The second-order valence-corrected chi connectivity index (χ2v) is 6.06. The zero-order chi connectivity index (χ0) is 16.6. The number of carboxylic acids is 1. The molecule has 0 spiro atoms. The molecule has 1 aromatic heterocycles. The van der Waals surface area contributed by atoms with Crippen LogP contribution in [0.1, 0.15) is 40.3 Å². The molecule has 0 aliphatic carbocycles. The Balaban J connectivity index is 3.34. The van der Waals surface area contributed by atoms with E-state index >= 15 is 0 Å². The van der Waals surface area contributed by atoms with Crippen molar-refractivity contribution in [2.75, 3.05) is 5.32 Å². The van der Waals surface area contributed by atoms with E-state index in [1.807, 2.05) is 0 Å². The number of rotatable bonds is 6. The van der Waals surface area contributed by atoms with Gasteiger partial charge in [0, 0.05) is 12.6 Å². The zero-order valence-electron chi connectivity index (χ0n) is 13.2. The van der Waals surface area contributed by atoms with Crippen LogP contribution in [0.2, 0.25) is 0 Å². The first-order valence-corrected chi connectivity index (χ1v) is 6.67. The van der Waals surface area contributed by atoms with Crippen LogP contribution >= 0.6 is 0 Å². The number of hydrogen-bond donors (Lipinski definition) is 2. The lowest BCUT2D eigenvalue weighted by Crippen LogP contribution is -2.51. The van der Waals surface area contributed by atoms with Crippen LogP contribution < -0.4 is 5.32 Å². The quantitative estimate of drug-likeness (QED) is 0.615. The minimum atomic E-state index is -1.13. The Kier molecular flexibility index (Phi) is 4.31. The molecule has 0 aliphatic heterocycles. The van der Waals surface area contributed by atoms with Gasteiger partial charge in [0.1, 0.15) is 5.69 Å². The normalized spacial score (nSPS) is 12.3. The molecule has 0 saturated carbocycles. The average molecular weight is 298 g/mol. The second kappa shape index (κ2) is 5.34. The molecule has 21 heavy (non-hydrogen) atoms. The minimum absolute atomic E-state index is 0.103. The number of aliphatic carboxylic acids is 1. The number of anilines is 1. The first-order valence-electron chi connectivity index (χ1n) is 6.67. The highest BCUT2D eigenvalue weighted by Gasteiger charge is 2.45. The van der Waals surface area contributed by atoms with Crippen LogP contribution in [-0.4, -0.2) is 31.3 Å². The zero-order valence-corrected chi connectivity index (χ0v) is 13.2. The van der Waals surface area contributed by atoms with Gasteiger partial charge in [-0.05, 0) is 34.1 Å². The van der Waals surface area contributed by atoms with Gasteiger partial charge >= 0.3 is 11.7 Å². The predicted molar refractivity (Wildman–Crippen MR) is 78.4 cm³/mol. The number of nitrogens with zero attached hydrogens (tertiary/aromatic N) is 3. The molecule has 1 heterocycles. The van der Waals surface area contributed by atoms with Crippen LogP contribution in [0.5, 0.6) is 0 Å². The highest BCUT2D eigenvalue weighted by Crippen LogP contribution is 2.37. The maximum atomic E-state index is 11.4. The van der Waals surface area contributed by atoms with Crippen molar-refractivity contribution >= 4 is 17.5 Å². The van der Waals surface area contributed by atoms with Gasteiger partial charge in [-0.1, -0.05) is 6.92 Å². The van der Waals surface area contributed by atoms with Crippen molar-refractivity contribution in [3.8, 4) is 0 Å². The average Bonchev–Trinajstić information content (AvgIpc) is 2.65. The molecule has 118 valence electrons. The molecule has 0 radical (unpaired) electrons. The van der Waals surface area contributed by atoms with Gasteiger partial charge in [0.25, 0.3) is 0 Å². The van der Waals surface area contributed by atoms with E-state index in [0.29, 0.717) is 12.1 Å². The van der Waals surface area contributed by atoms with Crippen LogP contribution in [0, 0.1) is 15.5 Å². The van der Waals surface area contributed by atoms with Crippen molar-refractivity contribution in [2.45, 2.75) is 46.6 Å². The van der Waals surface area contributed by atoms with Gasteiger partial charge < -0.3 is 10.4 Å². The molecule has 0 unspecified atom stereocenters. The Labute approximate surface area is 123 Å². The van der Waals surface area contributed by atoms with E-state index in [1.165, 1.54) is 4.68 Å². The molecule has 0 bridgehead atoms. The van der Waals surface area contributed by atoms with E-state index in [1.54, 1.807) is 41.7 Å². The summed E-state index contributed by atoms with van der Waals surface area (Å²) in [5.41, 5.74) is -1.77. The first kappa shape index (κ1) is 16.9. The highest BCUT2D eigenvalue weighted by molar-refractivity contribution is 5.77. The first-order chi connectivity index (χ1) is 9.45. The number of hydrogen-bond acceptors (Lipinski definition) is 5. The third-order valence-electron chi connectivity index (χ3n) is 4.14. The highest BCUT2D eigenvalue weighted by atomic mass is 16.6. The Hall–Kier alpha value is -2.12. The van der Waals surface area contributed by atoms with Gasteiger partial charge in [0.15, 0.2) is 0 Å². The standard InChI is InChI=1S/C13H22N4O4/c1-7-8-9(17(20)21)10(16(6)15-8)14-13(4,5)12(2,3)11(18)19/h14H,7H2,1-6H3,(H,18,19). The number of nitrogens with one attached hydrogen (secondary N) is 1. The minimum Gasteiger partial charge on any atom is -0.481 e. The molecular weight excluding hydrogens is 276 g/mol. The lowest BCUT2D eigenvalue weighted by Gasteiger charge is -2.39.